The first kappa shape index (κ1) is 15.9. The maximum absolute atomic E-state index is 11.7. The normalized spacial score (nSPS) is 11.3. The van der Waals surface area contributed by atoms with E-state index < -0.39 is 0 Å². The fourth-order valence-electron chi connectivity index (χ4n) is 1.32. The van der Waals surface area contributed by atoms with Gasteiger partial charge in [-0.2, -0.15) is 0 Å². The number of esters is 1. The summed E-state index contributed by atoms with van der Waals surface area (Å²) in [6.07, 6.45) is 7.62. The van der Waals surface area contributed by atoms with Gasteiger partial charge < -0.3 is 9.47 Å². The van der Waals surface area contributed by atoms with Gasteiger partial charge in [0.1, 0.15) is 0 Å². The lowest BCUT2D eigenvalue weighted by Crippen LogP contribution is -2.13. The average Bonchev–Trinajstić information content (AvgIpc) is 2.34. The first-order chi connectivity index (χ1) is 8.26. The predicted octanol–water partition coefficient (Wildman–Crippen LogP) is 3.26. The van der Waals surface area contributed by atoms with Crippen molar-refractivity contribution < 1.29 is 14.3 Å². The summed E-state index contributed by atoms with van der Waals surface area (Å²) in [5, 5.41) is 0. The van der Waals surface area contributed by atoms with Gasteiger partial charge in [0.2, 0.25) is 0 Å². The van der Waals surface area contributed by atoms with Gasteiger partial charge in [0.15, 0.2) is 0 Å². The lowest BCUT2D eigenvalue weighted by atomic mass is 10.2. The molecule has 98 valence electrons. The molecule has 0 atom stereocenters. The molecule has 0 amide bonds. The maximum Gasteiger partial charge on any atom is 0.336 e. The van der Waals surface area contributed by atoms with Gasteiger partial charge in [0, 0.05) is 6.61 Å². The Hall–Kier alpha value is -1.09. The summed E-state index contributed by atoms with van der Waals surface area (Å²) in [5.74, 6) is -0.296. The van der Waals surface area contributed by atoms with Crippen molar-refractivity contribution >= 4 is 5.97 Å². The maximum atomic E-state index is 11.7. The van der Waals surface area contributed by atoms with Crippen LogP contribution in [0.4, 0.5) is 0 Å². The van der Waals surface area contributed by atoms with Gasteiger partial charge in [-0.15, -0.1) is 0 Å². The summed E-state index contributed by atoms with van der Waals surface area (Å²) >= 11 is 0. The zero-order valence-electron chi connectivity index (χ0n) is 11.0. The quantitative estimate of drug-likeness (QED) is 0.254. The molecule has 0 aromatic rings. The fourth-order valence-corrected chi connectivity index (χ4v) is 1.32. The highest BCUT2D eigenvalue weighted by molar-refractivity contribution is 5.89. The molecule has 0 spiro atoms. The average molecular weight is 240 g/mol. The molecule has 0 aliphatic carbocycles. The van der Waals surface area contributed by atoms with E-state index in [0.29, 0.717) is 18.8 Å². The minimum atomic E-state index is -0.296. The van der Waals surface area contributed by atoms with Crippen molar-refractivity contribution in [1.29, 1.82) is 0 Å². The van der Waals surface area contributed by atoms with Gasteiger partial charge in [-0.25, -0.2) is 4.79 Å². The largest absolute Gasteiger partial charge is 0.462 e. The summed E-state index contributed by atoms with van der Waals surface area (Å²) < 4.78 is 10.4. The molecule has 0 heterocycles. The number of unbranched alkanes of at least 4 members (excludes halogenated alkanes) is 3. The molecule has 3 nitrogen and oxygen atoms in total. The van der Waals surface area contributed by atoms with E-state index in [1.165, 1.54) is 12.8 Å². The first-order valence-corrected chi connectivity index (χ1v) is 6.32. The molecule has 17 heavy (non-hydrogen) atoms. The van der Waals surface area contributed by atoms with Gasteiger partial charge in [-0.1, -0.05) is 44.9 Å². The van der Waals surface area contributed by atoms with Crippen LogP contribution in [-0.4, -0.2) is 25.8 Å². The highest BCUT2D eigenvalue weighted by atomic mass is 16.5. The third kappa shape index (κ3) is 8.69. The summed E-state index contributed by atoms with van der Waals surface area (Å²) in [4.78, 5) is 11.7. The Labute approximate surface area is 104 Å². The molecule has 0 aromatic carbocycles. The van der Waals surface area contributed by atoms with Crippen molar-refractivity contribution in [3.63, 3.8) is 0 Å². The van der Waals surface area contributed by atoms with E-state index in [2.05, 4.69) is 13.5 Å². The van der Waals surface area contributed by atoms with E-state index in [0.717, 1.165) is 12.8 Å². The number of hydrogen-bond acceptors (Lipinski definition) is 3. The second-order valence-electron chi connectivity index (χ2n) is 3.76. The summed E-state index contributed by atoms with van der Waals surface area (Å²) in [6.45, 7) is 8.97. The number of ether oxygens (including phenoxy) is 2. The van der Waals surface area contributed by atoms with Gasteiger partial charge in [-0.05, 0) is 13.3 Å². The van der Waals surface area contributed by atoms with Crippen LogP contribution in [-0.2, 0) is 14.3 Å². The first-order valence-electron chi connectivity index (χ1n) is 6.32. The number of hydrogen-bond donors (Lipinski definition) is 0. The number of rotatable bonds is 10. The Balaban J connectivity index is 3.89. The van der Waals surface area contributed by atoms with Crippen molar-refractivity contribution in [1.82, 2.24) is 0 Å². The van der Waals surface area contributed by atoms with Crippen molar-refractivity contribution in [2.24, 2.45) is 0 Å². The molecular formula is C14H24O3. The van der Waals surface area contributed by atoms with E-state index in [9.17, 15) is 4.79 Å². The van der Waals surface area contributed by atoms with E-state index >= 15 is 0 Å². The highest BCUT2D eigenvalue weighted by Crippen LogP contribution is 2.03. The smallest absolute Gasteiger partial charge is 0.336 e. The van der Waals surface area contributed by atoms with Crippen LogP contribution in [0.25, 0.3) is 0 Å². The summed E-state index contributed by atoms with van der Waals surface area (Å²) in [5.41, 5.74) is 0.525. The van der Waals surface area contributed by atoms with Crippen LogP contribution in [0.3, 0.4) is 0 Å². The topological polar surface area (TPSA) is 35.5 Å². The van der Waals surface area contributed by atoms with Crippen molar-refractivity contribution in [3.8, 4) is 0 Å². The number of allylic oxidation sites excluding steroid dienone is 2. The zero-order chi connectivity index (χ0) is 12.9. The SMILES string of the molecule is C=CC=C(COCC)C(=O)OCCCCCC. The minimum Gasteiger partial charge on any atom is -0.462 e. The van der Waals surface area contributed by atoms with E-state index in [1.807, 2.05) is 6.92 Å². The van der Waals surface area contributed by atoms with E-state index in [1.54, 1.807) is 12.2 Å². The molecule has 3 heteroatoms. The number of carbonyl (C=O) groups excluding carboxylic acids is 1. The number of carbonyl (C=O) groups is 1. The second-order valence-corrected chi connectivity index (χ2v) is 3.76. The van der Waals surface area contributed by atoms with Crippen molar-refractivity contribution in [3.05, 3.63) is 24.3 Å². The van der Waals surface area contributed by atoms with Crippen molar-refractivity contribution in [2.75, 3.05) is 19.8 Å². The molecule has 0 saturated heterocycles. The van der Waals surface area contributed by atoms with Gasteiger partial charge >= 0.3 is 5.97 Å². The molecule has 0 unspecified atom stereocenters. The van der Waals surface area contributed by atoms with Crippen LogP contribution < -0.4 is 0 Å². The Morgan fingerprint density at radius 3 is 2.59 bits per heavy atom. The van der Waals surface area contributed by atoms with Gasteiger partial charge in [0.05, 0.1) is 18.8 Å². The van der Waals surface area contributed by atoms with Crippen LogP contribution >= 0.6 is 0 Å². The van der Waals surface area contributed by atoms with Crippen molar-refractivity contribution in [2.45, 2.75) is 39.5 Å². The Morgan fingerprint density at radius 1 is 1.24 bits per heavy atom. The zero-order valence-corrected chi connectivity index (χ0v) is 11.0. The molecule has 0 aromatic heterocycles. The minimum absolute atomic E-state index is 0.288. The van der Waals surface area contributed by atoms with Crippen LogP contribution in [0.5, 0.6) is 0 Å². The lowest BCUT2D eigenvalue weighted by molar-refractivity contribution is -0.139. The molecule has 0 radical (unpaired) electrons. The second kappa shape index (κ2) is 11.4. The lowest BCUT2D eigenvalue weighted by Gasteiger charge is -2.07. The third-order valence-corrected chi connectivity index (χ3v) is 2.27. The van der Waals surface area contributed by atoms with Gasteiger partial charge in [-0.3, -0.25) is 0 Å². The van der Waals surface area contributed by atoms with Crippen LogP contribution in [0.2, 0.25) is 0 Å². The van der Waals surface area contributed by atoms with Crippen LogP contribution in [0, 0.1) is 0 Å². The van der Waals surface area contributed by atoms with Gasteiger partial charge in [0.25, 0.3) is 0 Å². The predicted molar refractivity (Wildman–Crippen MR) is 69.9 cm³/mol. The standard InChI is InChI=1S/C14H24O3/c1-4-7-8-9-11-17-14(15)13(10-5-2)12-16-6-3/h5,10H,2,4,6-9,11-12H2,1,3H3. The molecule has 0 rings (SSSR count). The van der Waals surface area contributed by atoms with E-state index in [-0.39, 0.29) is 12.6 Å². The molecule has 0 N–H and O–H groups in total. The molecular weight excluding hydrogens is 216 g/mol. The Morgan fingerprint density at radius 2 is 2.00 bits per heavy atom. The van der Waals surface area contributed by atoms with Crippen LogP contribution in [0.1, 0.15) is 39.5 Å². The van der Waals surface area contributed by atoms with E-state index in [4.69, 9.17) is 9.47 Å². The Kier molecular flexibility index (Phi) is 10.7. The van der Waals surface area contributed by atoms with Crippen LogP contribution in [0.15, 0.2) is 24.3 Å². The Bertz CT molecular complexity index is 244. The molecule has 0 saturated carbocycles. The molecule has 0 fully saturated rings. The monoisotopic (exact) mass is 240 g/mol. The summed E-state index contributed by atoms with van der Waals surface area (Å²) in [7, 11) is 0. The third-order valence-electron chi connectivity index (χ3n) is 2.27. The fraction of sp³-hybridized carbons (Fsp3) is 0.643. The molecule has 0 aliphatic rings. The molecule has 0 bridgehead atoms. The molecule has 0 aliphatic heterocycles. The summed E-state index contributed by atoms with van der Waals surface area (Å²) in [6, 6.07) is 0. The highest BCUT2D eigenvalue weighted by Gasteiger charge is 2.09.